The molecule has 0 fully saturated rings. The lowest BCUT2D eigenvalue weighted by molar-refractivity contribution is -0.132. The second-order valence-electron chi connectivity index (χ2n) is 7.42. The quantitative estimate of drug-likeness (QED) is 0.776. The molecule has 0 aliphatic carbocycles. The molecule has 0 radical (unpaired) electrons. The molecule has 0 saturated heterocycles. The largest absolute Gasteiger partial charge is 0.347 e. The molecule has 5 nitrogen and oxygen atoms in total. The van der Waals surface area contributed by atoms with Crippen LogP contribution in [0, 0.1) is 0 Å². The summed E-state index contributed by atoms with van der Waals surface area (Å²) in [7, 11) is 4.03. The van der Waals surface area contributed by atoms with E-state index in [1.165, 1.54) is 5.56 Å². The summed E-state index contributed by atoms with van der Waals surface area (Å²) in [6.45, 7) is 4.30. The SMILES string of the molecule is CCCCC(=O)N1CCc2ccccc2C(NC(=O)CCCN(C)C)C1. The molecule has 0 saturated carbocycles. The van der Waals surface area contributed by atoms with Gasteiger partial charge in [0.25, 0.3) is 0 Å². The molecule has 0 bridgehead atoms. The number of rotatable bonds is 8. The average molecular weight is 360 g/mol. The fourth-order valence-corrected chi connectivity index (χ4v) is 3.43. The molecular weight excluding hydrogens is 326 g/mol. The number of nitrogens with zero attached hydrogens (tertiary/aromatic N) is 2. The molecule has 144 valence electrons. The molecule has 1 atom stereocenters. The topological polar surface area (TPSA) is 52.7 Å². The van der Waals surface area contributed by atoms with Crippen molar-refractivity contribution < 1.29 is 9.59 Å². The second kappa shape index (κ2) is 10.3. The van der Waals surface area contributed by atoms with Gasteiger partial charge in [-0.25, -0.2) is 0 Å². The van der Waals surface area contributed by atoms with Crippen LogP contribution >= 0.6 is 0 Å². The van der Waals surface area contributed by atoms with Crippen molar-refractivity contribution in [1.29, 1.82) is 0 Å². The van der Waals surface area contributed by atoms with E-state index < -0.39 is 0 Å². The lowest BCUT2D eigenvalue weighted by Crippen LogP contribution is -2.40. The summed E-state index contributed by atoms with van der Waals surface area (Å²) < 4.78 is 0. The van der Waals surface area contributed by atoms with Gasteiger partial charge in [-0.15, -0.1) is 0 Å². The van der Waals surface area contributed by atoms with E-state index in [0.29, 0.717) is 19.4 Å². The van der Waals surface area contributed by atoms with Crippen LogP contribution < -0.4 is 5.32 Å². The van der Waals surface area contributed by atoms with E-state index in [0.717, 1.165) is 44.3 Å². The van der Waals surface area contributed by atoms with E-state index in [-0.39, 0.29) is 17.9 Å². The number of carbonyl (C=O) groups excluding carboxylic acids is 2. The molecule has 2 amide bonds. The number of hydrogen-bond acceptors (Lipinski definition) is 3. The summed E-state index contributed by atoms with van der Waals surface area (Å²) in [5.41, 5.74) is 2.39. The average Bonchev–Trinajstić information content (AvgIpc) is 2.79. The Hall–Kier alpha value is -1.88. The molecular formula is C21H33N3O2. The van der Waals surface area contributed by atoms with Gasteiger partial charge in [-0.05, 0) is 51.0 Å². The standard InChI is InChI=1S/C21H33N3O2/c1-4-5-12-21(26)24-15-13-17-9-6-7-10-18(17)19(16-24)22-20(25)11-8-14-23(2)3/h6-7,9-10,19H,4-5,8,11-16H2,1-3H3,(H,22,25). The van der Waals surface area contributed by atoms with E-state index in [1.54, 1.807) is 0 Å². The Morgan fingerprint density at radius 1 is 1.19 bits per heavy atom. The van der Waals surface area contributed by atoms with Crippen LogP contribution in [-0.2, 0) is 16.0 Å². The predicted octanol–water partition coefficient (Wildman–Crippen LogP) is 2.76. The first kappa shape index (κ1) is 20.4. The maximum absolute atomic E-state index is 12.5. The number of amides is 2. The lowest BCUT2D eigenvalue weighted by Gasteiger charge is -2.26. The second-order valence-corrected chi connectivity index (χ2v) is 7.42. The van der Waals surface area contributed by atoms with Gasteiger partial charge in [0.15, 0.2) is 0 Å². The lowest BCUT2D eigenvalue weighted by atomic mass is 9.99. The van der Waals surface area contributed by atoms with Gasteiger partial charge in [-0.2, -0.15) is 0 Å². The first-order valence-corrected chi connectivity index (χ1v) is 9.81. The van der Waals surface area contributed by atoms with Gasteiger partial charge in [0.2, 0.25) is 11.8 Å². The van der Waals surface area contributed by atoms with Gasteiger partial charge in [-0.1, -0.05) is 37.6 Å². The van der Waals surface area contributed by atoms with Crippen LogP contribution in [-0.4, -0.2) is 55.3 Å². The number of hydrogen-bond donors (Lipinski definition) is 1. The molecule has 1 aromatic carbocycles. The van der Waals surface area contributed by atoms with E-state index >= 15 is 0 Å². The third-order valence-corrected chi connectivity index (χ3v) is 4.93. The molecule has 1 unspecified atom stereocenters. The van der Waals surface area contributed by atoms with Crippen molar-refractivity contribution in [3.8, 4) is 0 Å². The summed E-state index contributed by atoms with van der Waals surface area (Å²) in [5, 5.41) is 3.18. The van der Waals surface area contributed by atoms with Crippen molar-refractivity contribution >= 4 is 11.8 Å². The minimum absolute atomic E-state index is 0.0644. The summed E-state index contributed by atoms with van der Waals surface area (Å²) in [6.07, 6.45) is 4.74. The molecule has 1 aliphatic rings. The highest BCUT2D eigenvalue weighted by molar-refractivity contribution is 5.78. The van der Waals surface area contributed by atoms with Crippen molar-refractivity contribution in [3.05, 3.63) is 35.4 Å². The fraction of sp³-hybridized carbons (Fsp3) is 0.619. The summed E-state index contributed by atoms with van der Waals surface area (Å²) in [6, 6.07) is 8.12. The van der Waals surface area contributed by atoms with Crippen molar-refractivity contribution in [2.75, 3.05) is 33.7 Å². The molecule has 5 heteroatoms. The zero-order chi connectivity index (χ0) is 18.9. The third kappa shape index (κ3) is 6.13. The van der Waals surface area contributed by atoms with Crippen molar-refractivity contribution in [3.63, 3.8) is 0 Å². The van der Waals surface area contributed by atoms with E-state index in [9.17, 15) is 9.59 Å². The Bertz CT molecular complexity index is 601. The highest BCUT2D eigenvalue weighted by Crippen LogP contribution is 2.24. The van der Waals surface area contributed by atoms with E-state index in [1.807, 2.05) is 31.1 Å². The zero-order valence-corrected chi connectivity index (χ0v) is 16.5. The monoisotopic (exact) mass is 359 g/mol. The highest BCUT2D eigenvalue weighted by atomic mass is 16.2. The van der Waals surface area contributed by atoms with E-state index in [4.69, 9.17) is 0 Å². The Kier molecular flexibility index (Phi) is 8.10. The molecule has 1 N–H and O–H groups in total. The maximum Gasteiger partial charge on any atom is 0.222 e. The van der Waals surface area contributed by atoms with Crippen molar-refractivity contribution in [2.24, 2.45) is 0 Å². The minimum atomic E-state index is -0.119. The van der Waals surface area contributed by atoms with Gasteiger partial charge in [0.05, 0.1) is 6.04 Å². The number of carbonyl (C=O) groups is 2. The van der Waals surface area contributed by atoms with Gasteiger partial charge in [-0.3, -0.25) is 9.59 Å². The van der Waals surface area contributed by atoms with Crippen molar-refractivity contribution in [2.45, 2.75) is 51.5 Å². The number of fused-ring (bicyclic) bond motifs is 1. The first-order chi connectivity index (χ1) is 12.5. The van der Waals surface area contributed by atoms with Crippen LogP contribution in [0.4, 0.5) is 0 Å². The molecule has 2 rings (SSSR count). The van der Waals surface area contributed by atoms with Gasteiger partial charge in [0.1, 0.15) is 0 Å². The van der Waals surface area contributed by atoms with Gasteiger partial charge < -0.3 is 15.1 Å². The minimum Gasteiger partial charge on any atom is -0.347 e. The van der Waals surface area contributed by atoms with Crippen LogP contribution in [0.25, 0.3) is 0 Å². The van der Waals surface area contributed by atoms with Crippen LogP contribution in [0.15, 0.2) is 24.3 Å². The molecule has 0 aromatic heterocycles. The Morgan fingerprint density at radius 3 is 2.69 bits per heavy atom. The molecule has 26 heavy (non-hydrogen) atoms. The number of unbranched alkanes of at least 4 members (excludes halogenated alkanes) is 1. The van der Waals surface area contributed by atoms with Crippen LogP contribution in [0.5, 0.6) is 0 Å². The zero-order valence-electron chi connectivity index (χ0n) is 16.5. The Labute approximate surface area is 157 Å². The van der Waals surface area contributed by atoms with Crippen molar-refractivity contribution in [1.82, 2.24) is 15.1 Å². The van der Waals surface area contributed by atoms with Crippen LogP contribution in [0.3, 0.4) is 0 Å². The number of nitrogens with one attached hydrogen (secondary N) is 1. The van der Waals surface area contributed by atoms with E-state index in [2.05, 4.69) is 29.3 Å². The first-order valence-electron chi connectivity index (χ1n) is 9.81. The molecule has 0 spiro atoms. The molecule has 1 heterocycles. The van der Waals surface area contributed by atoms with Gasteiger partial charge in [0, 0.05) is 25.9 Å². The maximum atomic E-state index is 12.5. The van der Waals surface area contributed by atoms with Crippen LogP contribution in [0.2, 0.25) is 0 Å². The molecule has 1 aromatic rings. The highest BCUT2D eigenvalue weighted by Gasteiger charge is 2.26. The smallest absolute Gasteiger partial charge is 0.222 e. The Balaban J connectivity index is 2.06. The summed E-state index contributed by atoms with van der Waals surface area (Å²) in [4.78, 5) is 29.0. The fourth-order valence-electron chi connectivity index (χ4n) is 3.43. The summed E-state index contributed by atoms with van der Waals surface area (Å²) >= 11 is 0. The normalized spacial score (nSPS) is 16.9. The third-order valence-electron chi connectivity index (χ3n) is 4.93. The predicted molar refractivity (Wildman–Crippen MR) is 105 cm³/mol. The number of benzene rings is 1. The Morgan fingerprint density at radius 2 is 1.96 bits per heavy atom. The summed E-state index contributed by atoms with van der Waals surface area (Å²) in [5.74, 6) is 0.265. The van der Waals surface area contributed by atoms with Gasteiger partial charge >= 0.3 is 0 Å². The van der Waals surface area contributed by atoms with Crippen LogP contribution in [0.1, 0.15) is 56.2 Å². The molecule has 1 aliphatic heterocycles.